The van der Waals surface area contributed by atoms with Gasteiger partial charge in [0.2, 0.25) is 0 Å². The highest BCUT2D eigenvalue weighted by Crippen LogP contribution is 2.34. The maximum Gasteiger partial charge on any atom is 0.311 e. The van der Waals surface area contributed by atoms with Gasteiger partial charge in [-0.2, -0.15) is 0 Å². The number of anilines is 1. The molecular formula is C14H21N3O3. The third-order valence-electron chi connectivity index (χ3n) is 3.48. The third-order valence-corrected chi connectivity index (χ3v) is 3.48. The van der Waals surface area contributed by atoms with Crippen LogP contribution in [0, 0.1) is 10.1 Å². The Morgan fingerprint density at radius 1 is 1.55 bits per heavy atom. The van der Waals surface area contributed by atoms with Gasteiger partial charge in [0.05, 0.1) is 11.0 Å². The van der Waals surface area contributed by atoms with E-state index in [-0.39, 0.29) is 11.8 Å². The molecule has 0 bridgehead atoms. The van der Waals surface area contributed by atoms with E-state index in [0.717, 1.165) is 25.1 Å². The quantitative estimate of drug-likeness (QED) is 0.660. The number of ether oxygens (including phenoxy) is 1. The minimum Gasteiger partial charge on any atom is -0.484 e. The SMILES string of the molecule is CC(C)Oc1cc(N2CCCC2CN)ccc1[N+](=O)[O-]. The van der Waals surface area contributed by atoms with Crippen molar-refractivity contribution < 1.29 is 9.66 Å². The maximum atomic E-state index is 11.0. The second kappa shape index (κ2) is 6.09. The van der Waals surface area contributed by atoms with Crippen molar-refractivity contribution >= 4 is 11.4 Å². The molecule has 1 atom stereocenters. The minimum absolute atomic E-state index is 0.00551. The van der Waals surface area contributed by atoms with Crippen LogP contribution < -0.4 is 15.4 Å². The van der Waals surface area contributed by atoms with Crippen molar-refractivity contribution in [2.45, 2.75) is 38.8 Å². The number of nitro groups is 1. The summed E-state index contributed by atoms with van der Waals surface area (Å²) in [5.41, 5.74) is 6.73. The molecule has 1 unspecified atom stereocenters. The molecule has 1 fully saturated rings. The number of nitro benzene ring substituents is 1. The molecule has 0 spiro atoms. The zero-order valence-corrected chi connectivity index (χ0v) is 11.9. The Balaban J connectivity index is 2.33. The highest BCUT2D eigenvalue weighted by atomic mass is 16.6. The van der Waals surface area contributed by atoms with E-state index in [1.165, 1.54) is 6.07 Å². The van der Waals surface area contributed by atoms with Gasteiger partial charge in [0, 0.05) is 37.0 Å². The van der Waals surface area contributed by atoms with Gasteiger partial charge in [0.25, 0.3) is 0 Å². The molecule has 1 aromatic carbocycles. The van der Waals surface area contributed by atoms with Crippen LogP contribution in [0.1, 0.15) is 26.7 Å². The lowest BCUT2D eigenvalue weighted by molar-refractivity contribution is -0.386. The molecule has 0 aliphatic carbocycles. The Bertz CT molecular complexity index is 491. The molecule has 110 valence electrons. The molecule has 0 radical (unpaired) electrons. The monoisotopic (exact) mass is 279 g/mol. The van der Waals surface area contributed by atoms with Crippen LogP contribution in [0.3, 0.4) is 0 Å². The van der Waals surface area contributed by atoms with Gasteiger partial charge in [-0.3, -0.25) is 10.1 Å². The molecule has 6 heteroatoms. The number of rotatable bonds is 5. The van der Waals surface area contributed by atoms with Crippen molar-refractivity contribution in [3.63, 3.8) is 0 Å². The van der Waals surface area contributed by atoms with E-state index >= 15 is 0 Å². The Morgan fingerprint density at radius 2 is 2.30 bits per heavy atom. The molecule has 20 heavy (non-hydrogen) atoms. The van der Waals surface area contributed by atoms with Crippen molar-refractivity contribution in [1.29, 1.82) is 0 Å². The lowest BCUT2D eigenvalue weighted by atomic mass is 10.2. The van der Waals surface area contributed by atoms with E-state index in [0.29, 0.717) is 18.3 Å². The van der Waals surface area contributed by atoms with Crippen LogP contribution in [0.2, 0.25) is 0 Å². The van der Waals surface area contributed by atoms with E-state index in [9.17, 15) is 10.1 Å². The fraction of sp³-hybridized carbons (Fsp3) is 0.571. The number of nitrogens with zero attached hydrogens (tertiary/aromatic N) is 2. The first kappa shape index (κ1) is 14.6. The van der Waals surface area contributed by atoms with Gasteiger partial charge < -0.3 is 15.4 Å². The maximum absolute atomic E-state index is 11.0. The zero-order chi connectivity index (χ0) is 14.7. The van der Waals surface area contributed by atoms with E-state index in [1.54, 1.807) is 12.1 Å². The fourth-order valence-corrected chi connectivity index (χ4v) is 2.60. The summed E-state index contributed by atoms with van der Waals surface area (Å²) < 4.78 is 5.58. The minimum atomic E-state index is -0.411. The van der Waals surface area contributed by atoms with Crippen LogP contribution in [0.15, 0.2) is 18.2 Å². The van der Waals surface area contributed by atoms with Gasteiger partial charge in [-0.25, -0.2) is 0 Å². The van der Waals surface area contributed by atoms with Crippen LogP contribution in [0.5, 0.6) is 5.75 Å². The summed E-state index contributed by atoms with van der Waals surface area (Å²) >= 11 is 0. The largest absolute Gasteiger partial charge is 0.484 e. The van der Waals surface area contributed by atoms with E-state index in [2.05, 4.69) is 4.90 Å². The van der Waals surface area contributed by atoms with Gasteiger partial charge in [-0.1, -0.05) is 0 Å². The molecule has 1 heterocycles. The molecule has 2 rings (SSSR count). The average Bonchev–Trinajstić information content (AvgIpc) is 2.85. The Morgan fingerprint density at radius 3 is 2.90 bits per heavy atom. The van der Waals surface area contributed by atoms with Gasteiger partial charge in [-0.15, -0.1) is 0 Å². The van der Waals surface area contributed by atoms with Crippen molar-refractivity contribution in [2.24, 2.45) is 5.73 Å². The third kappa shape index (κ3) is 3.01. The van der Waals surface area contributed by atoms with Crippen molar-refractivity contribution in [2.75, 3.05) is 18.0 Å². The number of benzene rings is 1. The van der Waals surface area contributed by atoms with Crippen molar-refractivity contribution in [3.05, 3.63) is 28.3 Å². The van der Waals surface area contributed by atoms with Gasteiger partial charge in [0.15, 0.2) is 5.75 Å². The van der Waals surface area contributed by atoms with E-state index in [1.807, 2.05) is 13.8 Å². The predicted octanol–water partition coefficient (Wildman–Crippen LogP) is 2.31. The first-order chi connectivity index (χ1) is 9.52. The average molecular weight is 279 g/mol. The Kier molecular flexibility index (Phi) is 4.44. The highest BCUT2D eigenvalue weighted by Gasteiger charge is 2.26. The molecule has 0 aromatic heterocycles. The standard InChI is InChI=1S/C14H21N3O3/c1-10(2)20-14-8-11(5-6-13(14)17(18)19)16-7-3-4-12(16)9-15/h5-6,8,10,12H,3-4,7,9,15H2,1-2H3. The van der Waals surface area contributed by atoms with Crippen LogP contribution in [0.4, 0.5) is 11.4 Å². The fourth-order valence-electron chi connectivity index (χ4n) is 2.60. The van der Waals surface area contributed by atoms with E-state index in [4.69, 9.17) is 10.5 Å². The highest BCUT2D eigenvalue weighted by molar-refractivity contribution is 5.60. The topological polar surface area (TPSA) is 81.6 Å². The predicted molar refractivity (Wildman–Crippen MR) is 78.3 cm³/mol. The second-order valence-corrected chi connectivity index (χ2v) is 5.30. The van der Waals surface area contributed by atoms with Crippen molar-refractivity contribution in [1.82, 2.24) is 0 Å². The summed E-state index contributed by atoms with van der Waals surface area (Å²) in [5, 5.41) is 11.0. The summed E-state index contributed by atoms with van der Waals surface area (Å²) in [7, 11) is 0. The molecule has 6 nitrogen and oxygen atoms in total. The van der Waals surface area contributed by atoms with Crippen LogP contribution >= 0.6 is 0 Å². The molecule has 1 aliphatic rings. The lowest BCUT2D eigenvalue weighted by Gasteiger charge is -2.26. The van der Waals surface area contributed by atoms with Crippen LogP contribution in [-0.2, 0) is 0 Å². The van der Waals surface area contributed by atoms with Crippen LogP contribution in [0.25, 0.3) is 0 Å². The normalized spacial score (nSPS) is 18.6. The number of nitrogens with two attached hydrogens (primary N) is 1. The number of hydrogen-bond donors (Lipinski definition) is 1. The summed E-state index contributed by atoms with van der Waals surface area (Å²) in [4.78, 5) is 12.8. The summed E-state index contributed by atoms with van der Waals surface area (Å²) in [5.74, 6) is 0.324. The smallest absolute Gasteiger partial charge is 0.311 e. The molecule has 1 aromatic rings. The van der Waals surface area contributed by atoms with Crippen molar-refractivity contribution in [3.8, 4) is 5.75 Å². The first-order valence-corrected chi connectivity index (χ1v) is 6.94. The molecule has 1 aliphatic heterocycles. The van der Waals surface area contributed by atoms with Crippen LogP contribution in [-0.4, -0.2) is 30.2 Å². The molecule has 2 N–H and O–H groups in total. The number of hydrogen-bond acceptors (Lipinski definition) is 5. The molecule has 0 saturated carbocycles. The van der Waals surface area contributed by atoms with Gasteiger partial charge in [-0.05, 0) is 32.8 Å². The molecular weight excluding hydrogens is 258 g/mol. The zero-order valence-electron chi connectivity index (χ0n) is 11.9. The summed E-state index contributed by atoms with van der Waals surface area (Å²) in [6.07, 6.45) is 2.06. The lowest BCUT2D eigenvalue weighted by Crippen LogP contribution is -2.35. The Labute approximate surface area is 118 Å². The summed E-state index contributed by atoms with van der Waals surface area (Å²) in [6, 6.07) is 5.35. The van der Waals surface area contributed by atoms with Gasteiger partial charge in [0.1, 0.15) is 0 Å². The van der Waals surface area contributed by atoms with E-state index < -0.39 is 4.92 Å². The van der Waals surface area contributed by atoms with Gasteiger partial charge >= 0.3 is 5.69 Å². The molecule has 1 saturated heterocycles. The molecule has 0 amide bonds. The first-order valence-electron chi connectivity index (χ1n) is 6.94. The summed E-state index contributed by atoms with van der Waals surface area (Å²) in [6.45, 7) is 5.24. The Hall–Kier alpha value is -1.82. The second-order valence-electron chi connectivity index (χ2n) is 5.30.